The molecule has 7 nitrogen and oxygen atoms in total. The Morgan fingerprint density at radius 3 is 2.62 bits per heavy atom. The molecule has 2 aromatic rings. The number of allylic oxidation sites excluding steroid dienone is 1. The Bertz CT molecular complexity index is 1000. The Hall–Kier alpha value is -3.81. The van der Waals surface area contributed by atoms with E-state index in [4.69, 9.17) is 5.73 Å². The summed E-state index contributed by atoms with van der Waals surface area (Å²) in [6, 6.07) is 13.4. The van der Waals surface area contributed by atoms with Gasteiger partial charge in [-0.3, -0.25) is 9.59 Å². The first kappa shape index (κ1) is 19.9. The summed E-state index contributed by atoms with van der Waals surface area (Å²) in [4.78, 5) is 23.0. The van der Waals surface area contributed by atoms with Crippen molar-refractivity contribution in [2.24, 2.45) is 5.73 Å². The quantitative estimate of drug-likeness (QED) is 0.494. The van der Waals surface area contributed by atoms with E-state index in [0.717, 1.165) is 11.3 Å². The number of carbonyl (C=O) groups is 2. The molecule has 0 saturated heterocycles. The van der Waals surface area contributed by atoms with Crippen LogP contribution >= 0.6 is 0 Å². The molecule has 0 atom stereocenters. The van der Waals surface area contributed by atoms with Gasteiger partial charge in [-0.1, -0.05) is 18.2 Å². The van der Waals surface area contributed by atoms with Crippen molar-refractivity contribution in [2.45, 2.75) is 13.5 Å². The van der Waals surface area contributed by atoms with E-state index in [1.165, 1.54) is 19.1 Å². The van der Waals surface area contributed by atoms with E-state index in [-0.39, 0.29) is 18.3 Å². The lowest BCUT2D eigenvalue weighted by Gasteiger charge is -2.23. The molecule has 2 aromatic carbocycles. The molecule has 8 heteroatoms. The van der Waals surface area contributed by atoms with E-state index < -0.39 is 5.91 Å². The number of hydrogen-bond acceptors (Lipinski definition) is 5. The van der Waals surface area contributed by atoms with Crippen molar-refractivity contribution in [2.75, 3.05) is 17.2 Å². The van der Waals surface area contributed by atoms with Crippen LogP contribution in [0.15, 0.2) is 71.7 Å². The van der Waals surface area contributed by atoms with Gasteiger partial charge in [-0.2, -0.15) is 0 Å². The Kier molecular flexibility index (Phi) is 6.13. The molecule has 150 valence electrons. The van der Waals surface area contributed by atoms with Crippen LogP contribution in [0.4, 0.5) is 15.8 Å². The van der Waals surface area contributed by atoms with Crippen molar-refractivity contribution in [1.29, 1.82) is 0 Å². The van der Waals surface area contributed by atoms with Gasteiger partial charge in [0.05, 0.1) is 5.57 Å². The normalized spacial score (nSPS) is 13.2. The zero-order valence-electron chi connectivity index (χ0n) is 15.9. The SMILES string of the molecule is CC(=O)Nc1cccc(NC2=CC(NCc3cccc(F)c3)=C(C(N)=O)CN2)c1. The molecule has 0 spiro atoms. The molecule has 0 unspecified atom stereocenters. The van der Waals surface area contributed by atoms with Gasteiger partial charge >= 0.3 is 0 Å². The number of carbonyl (C=O) groups excluding carboxylic acids is 2. The first-order valence-electron chi connectivity index (χ1n) is 9.02. The molecule has 0 aromatic heterocycles. The highest BCUT2D eigenvalue weighted by Gasteiger charge is 2.17. The number of anilines is 2. The molecule has 1 aliphatic heterocycles. The smallest absolute Gasteiger partial charge is 0.248 e. The summed E-state index contributed by atoms with van der Waals surface area (Å²) in [6.07, 6.45) is 1.73. The lowest BCUT2D eigenvalue weighted by molar-refractivity contribution is -0.115. The van der Waals surface area contributed by atoms with Gasteiger partial charge in [0.25, 0.3) is 0 Å². The van der Waals surface area contributed by atoms with Gasteiger partial charge in [-0.05, 0) is 35.9 Å². The van der Waals surface area contributed by atoms with E-state index in [9.17, 15) is 14.0 Å². The van der Waals surface area contributed by atoms with Crippen LogP contribution in [0.5, 0.6) is 0 Å². The van der Waals surface area contributed by atoms with Gasteiger partial charge in [0, 0.05) is 43.2 Å². The molecule has 0 fully saturated rings. The maximum atomic E-state index is 13.4. The number of nitrogens with one attached hydrogen (secondary N) is 4. The average molecular weight is 395 g/mol. The summed E-state index contributed by atoms with van der Waals surface area (Å²) in [5, 5.41) is 12.2. The highest BCUT2D eigenvalue weighted by molar-refractivity contribution is 5.94. The summed E-state index contributed by atoms with van der Waals surface area (Å²) in [5.41, 5.74) is 8.60. The fraction of sp³-hybridized carbons (Fsp3) is 0.143. The number of dihydropyridines is 1. The third-order valence-electron chi connectivity index (χ3n) is 4.20. The van der Waals surface area contributed by atoms with Gasteiger partial charge in [0.15, 0.2) is 0 Å². The van der Waals surface area contributed by atoms with Gasteiger partial charge < -0.3 is 27.0 Å². The summed E-state index contributed by atoms with van der Waals surface area (Å²) >= 11 is 0. The summed E-state index contributed by atoms with van der Waals surface area (Å²) in [5.74, 6) is -0.371. The number of benzene rings is 2. The van der Waals surface area contributed by atoms with Crippen LogP contribution < -0.4 is 27.0 Å². The molecule has 0 saturated carbocycles. The molecule has 3 rings (SSSR count). The third kappa shape index (κ3) is 5.58. The predicted molar refractivity (Wildman–Crippen MR) is 110 cm³/mol. The largest absolute Gasteiger partial charge is 0.380 e. The molecule has 2 amide bonds. The molecule has 1 aliphatic rings. The second-order valence-corrected chi connectivity index (χ2v) is 6.54. The zero-order chi connectivity index (χ0) is 20.8. The van der Waals surface area contributed by atoms with E-state index in [0.29, 0.717) is 29.3 Å². The molecule has 29 heavy (non-hydrogen) atoms. The maximum absolute atomic E-state index is 13.4. The lowest BCUT2D eigenvalue weighted by Crippen LogP contribution is -2.35. The second-order valence-electron chi connectivity index (χ2n) is 6.54. The monoisotopic (exact) mass is 395 g/mol. The summed E-state index contributed by atoms with van der Waals surface area (Å²) in [7, 11) is 0. The minimum Gasteiger partial charge on any atom is -0.380 e. The van der Waals surface area contributed by atoms with E-state index in [2.05, 4.69) is 21.3 Å². The Morgan fingerprint density at radius 1 is 1.14 bits per heavy atom. The molecular formula is C21H22FN5O2. The number of halogens is 1. The molecule has 0 radical (unpaired) electrons. The van der Waals surface area contributed by atoms with Crippen molar-refractivity contribution >= 4 is 23.2 Å². The van der Waals surface area contributed by atoms with E-state index in [1.807, 2.05) is 12.1 Å². The van der Waals surface area contributed by atoms with Crippen molar-refractivity contribution < 1.29 is 14.0 Å². The molecular weight excluding hydrogens is 373 g/mol. The van der Waals surface area contributed by atoms with Crippen LogP contribution in [-0.4, -0.2) is 18.4 Å². The van der Waals surface area contributed by atoms with Crippen LogP contribution in [0.3, 0.4) is 0 Å². The van der Waals surface area contributed by atoms with E-state index >= 15 is 0 Å². The van der Waals surface area contributed by atoms with Crippen LogP contribution in [-0.2, 0) is 16.1 Å². The van der Waals surface area contributed by atoms with Crippen LogP contribution in [0, 0.1) is 5.82 Å². The van der Waals surface area contributed by atoms with Crippen molar-refractivity contribution in [3.8, 4) is 0 Å². The fourth-order valence-corrected chi connectivity index (χ4v) is 2.90. The lowest BCUT2D eigenvalue weighted by atomic mass is 10.1. The minimum atomic E-state index is -0.540. The van der Waals surface area contributed by atoms with Crippen LogP contribution in [0.2, 0.25) is 0 Å². The number of rotatable bonds is 7. The highest BCUT2D eigenvalue weighted by Crippen LogP contribution is 2.19. The van der Waals surface area contributed by atoms with Crippen molar-refractivity contribution in [3.05, 3.63) is 83.1 Å². The van der Waals surface area contributed by atoms with Gasteiger partial charge in [0.2, 0.25) is 11.8 Å². The Morgan fingerprint density at radius 2 is 1.90 bits per heavy atom. The van der Waals surface area contributed by atoms with Crippen LogP contribution in [0.25, 0.3) is 0 Å². The summed E-state index contributed by atoms with van der Waals surface area (Å²) in [6.45, 7) is 2.02. The predicted octanol–water partition coefficient (Wildman–Crippen LogP) is 2.17. The Balaban J connectivity index is 1.77. The fourth-order valence-electron chi connectivity index (χ4n) is 2.90. The number of hydrogen-bond donors (Lipinski definition) is 5. The number of nitrogens with two attached hydrogens (primary N) is 1. The molecule has 0 bridgehead atoms. The topological polar surface area (TPSA) is 108 Å². The third-order valence-corrected chi connectivity index (χ3v) is 4.20. The number of primary amides is 1. The molecule has 6 N–H and O–H groups in total. The zero-order valence-corrected chi connectivity index (χ0v) is 15.9. The average Bonchev–Trinajstić information content (AvgIpc) is 2.66. The van der Waals surface area contributed by atoms with Crippen molar-refractivity contribution in [3.63, 3.8) is 0 Å². The minimum absolute atomic E-state index is 0.157. The maximum Gasteiger partial charge on any atom is 0.248 e. The number of amides is 2. The van der Waals surface area contributed by atoms with Gasteiger partial charge in [-0.25, -0.2) is 4.39 Å². The van der Waals surface area contributed by atoms with Crippen molar-refractivity contribution in [1.82, 2.24) is 10.6 Å². The second kappa shape index (κ2) is 8.92. The molecule has 1 heterocycles. The van der Waals surface area contributed by atoms with Gasteiger partial charge in [0.1, 0.15) is 11.6 Å². The standard InChI is InChI=1S/C21H22FN5O2/c1-13(28)26-16-6-3-7-17(9-16)27-20-10-19(18(12-25-20)21(23)29)24-11-14-4-2-5-15(22)8-14/h2-10,24-25,27H,11-12H2,1H3,(H2,23,29)(H,26,28). The highest BCUT2D eigenvalue weighted by atomic mass is 19.1. The van der Waals surface area contributed by atoms with Crippen LogP contribution in [0.1, 0.15) is 12.5 Å². The first-order valence-corrected chi connectivity index (χ1v) is 9.02. The van der Waals surface area contributed by atoms with Gasteiger partial charge in [-0.15, -0.1) is 0 Å². The summed E-state index contributed by atoms with van der Waals surface area (Å²) < 4.78 is 13.4. The molecule has 0 aliphatic carbocycles. The Labute approximate surface area is 167 Å². The first-order chi connectivity index (χ1) is 13.9. The van der Waals surface area contributed by atoms with E-state index in [1.54, 1.807) is 30.3 Å².